The lowest BCUT2D eigenvalue weighted by Crippen LogP contribution is -2.31. The molecule has 0 fully saturated rings. The third kappa shape index (κ3) is 4.60. The third-order valence-electron chi connectivity index (χ3n) is 2.42. The Labute approximate surface area is 106 Å². The van der Waals surface area contributed by atoms with Crippen LogP contribution in [0.25, 0.3) is 0 Å². The van der Waals surface area contributed by atoms with Gasteiger partial charge in [0.05, 0.1) is 12.7 Å². The molecular weight excluding hydrogens is 245 g/mol. The van der Waals surface area contributed by atoms with Gasteiger partial charge in [0.1, 0.15) is 5.82 Å². The molecule has 0 amide bonds. The predicted molar refractivity (Wildman–Crippen MR) is 65.8 cm³/mol. The Morgan fingerprint density at radius 3 is 2.76 bits per heavy atom. The van der Waals surface area contributed by atoms with Crippen LogP contribution in [0.2, 0.25) is 5.02 Å². The monoisotopic (exact) mass is 261 g/mol. The van der Waals surface area contributed by atoms with Crippen molar-refractivity contribution in [1.82, 2.24) is 5.32 Å². The van der Waals surface area contributed by atoms with Gasteiger partial charge in [0, 0.05) is 37.9 Å². The molecule has 0 saturated heterocycles. The van der Waals surface area contributed by atoms with Crippen LogP contribution in [0.5, 0.6) is 0 Å². The van der Waals surface area contributed by atoms with Gasteiger partial charge in [-0.25, -0.2) is 4.39 Å². The van der Waals surface area contributed by atoms with Gasteiger partial charge in [-0.1, -0.05) is 17.7 Å². The molecule has 0 aromatic heterocycles. The summed E-state index contributed by atoms with van der Waals surface area (Å²) in [6, 6.07) is 4.65. The van der Waals surface area contributed by atoms with Crippen molar-refractivity contribution in [3.63, 3.8) is 0 Å². The lowest BCUT2D eigenvalue weighted by Gasteiger charge is -2.15. The van der Waals surface area contributed by atoms with Crippen LogP contribution < -0.4 is 5.32 Å². The Hall–Kier alpha value is -0.680. The van der Waals surface area contributed by atoms with Crippen LogP contribution in [0.15, 0.2) is 18.2 Å². The van der Waals surface area contributed by atoms with Gasteiger partial charge in [0.2, 0.25) is 0 Å². The van der Waals surface area contributed by atoms with Gasteiger partial charge < -0.3 is 14.8 Å². The zero-order valence-electron chi connectivity index (χ0n) is 10.0. The van der Waals surface area contributed by atoms with E-state index in [9.17, 15) is 4.39 Å². The van der Waals surface area contributed by atoms with Gasteiger partial charge in [-0.2, -0.15) is 0 Å². The first-order valence-electron chi connectivity index (χ1n) is 5.34. The van der Waals surface area contributed by atoms with E-state index >= 15 is 0 Å². The molecule has 1 rings (SSSR count). The average molecular weight is 262 g/mol. The largest absolute Gasteiger partial charge is 0.382 e. The zero-order valence-corrected chi connectivity index (χ0v) is 10.8. The molecule has 0 radical (unpaired) electrons. The van der Waals surface area contributed by atoms with Crippen LogP contribution in [0.4, 0.5) is 4.39 Å². The van der Waals surface area contributed by atoms with E-state index in [1.807, 2.05) is 0 Å². The Morgan fingerprint density at radius 2 is 2.18 bits per heavy atom. The Morgan fingerprint density at radius 1 is 1.41 bits per heavy atom. The molecule has 0 heterocycles. The topological polar surface area (TPSA) is 30.5 Å². The molecule has 1 aromatic rings. The fourth-order valence-corrected chi connectivity index (χ4v) is 1.69. The van der Waals surface area contributed by atoms with E-state index in [-0.39, 0.29) is 11.9 Å². The zero-order chi connectivity index (χ0) is 12.7. The van der Waals surface area contributed by atoms with Crippen molar-refractivity contribution in [3.05, 3.63) is 34.6 Å². The lowest BCUT2D eigenvalue weighted by molar-refractivity contribution is 0.0287. The summed E-state index contributed by atoms with van der Waals surface area (Å²) in [6.45, 7) is 1.44. The Balaban J connectivity index is 2.45. The second kappa shape index (κ2) is 7.61. The summed E-state index contributed by atoms with van der Waals surface area (Å²) >= 11 is 5.90. The molecule has 5 heteroatoms. The molecule has 0 saturated carbocycles. The Kier molecular flexibility index (Phi) is 6.44. The van der Waals surface area contributed by atoms with Crippen LogP contribution in [-0.4, -0.2) is 33.5 Å². The van der Waals surface area contributed by atoms with Gasteiger partial charge in [0.25, 0.3) is 0 Å². The molecule has 0 bridgehead atoms. The molecular formula is C12H17ClFNO2. The smallest absolute Gasteiger partial charge is 0.129 e. The van der Waals surface area contributed by atoms with Crippen LogP contribution >= 0.6 is 11.6 Å². The second-order valence-electron chi connectivity index (χ2n) is 3.64. The summed E-state index contributed by atoms with van der Waals surface area (Å²) in [7, 11) is 3.22. The van der Waals surface area contributed by atoms with Crippen molar-refractivity contribution < 1.29 is 13.9 Å². The predicted octanol–water partition coefficient (Wildman–Crippen LogP) is 2.23. The average Bonchev–Trinajstić information content (AvgIpc) is 2.31. The second-order valence-corrected chi connectivity index (χ2v) is 4.05. The standard InChI is InChI=1S/C12H17ClFNO2/c1-16-8-9(17-2)6-15-7-10-11(13)4-3-5-12(10)14/h3-5,9,15H,6-8H2,1-2H3. The highest BCUT2D eigenvalue weighted by Crippen LogP contribution is 2.18. The minimum absolute atomic E-state index is 0.0504. The highest BCUT2D eigenvalue weighted by Gasteiger charge is 2.09. The van der Waals surface area contributed by atoms with E-state index in [4.69, 9.17) is 21.1 Å². The van der Waals surface area contributed by atoms with Gasteiger partial charge in [-0.3, -0.25) is 0 Å². The minimum atomic E-state index is -0.300. The van der Waals surface area contributed by atoms with Crippen molar-refractivity contribution >= 4 is 11.6 Å². The maximum atomic E-state index is 13.4. The van der Waals surface area contributed by atoms with E-state index in [2.05, 4.69) is 5.32 Å². The van der Waals surface area contributed by atoms with Gasteiger partial charge >= 0.3 is 0 Å². The van der Waals surface area contributed by atoms with E-state index in [0.717, 1.165) is 0 Å². The summed E-state index contributed by atoms with van der Waals surface area (Å²) in [5.74, 6) is -0.300. The first kappa shape index (κ1) is 14.4. The molecule has 1 unspecified atom stereocenters. The quantitative estimate of drug-likeness (QED) is 0.817. The molecule has 96 valence electrons. The van der Waals surface area contributed by atoms with Gasteiger partial charge in [-0.05, 0) is 12.1 Å². The van der Waals surface area contributed by atoms with E-state index in [0.29, 0.717) is 30.3 Å². The first-order valence-corrected chi connectivity index (χ1v) is 5.72. The van der Waals surface area contributed by atoms with Crippen LogP contribution in [0, 0.1) is 5.82 Å². The number of methoxy groups -OCH3 is 2. The summed E-state index contributed by atoms with van der Waals surface area (Å²) in [5.41, 5.74) is 0.474. The number of rotatable bonds is 7. The molecule has 17 heavy (non-hydrogen) atoms. The summed E-state index contributed by atoms with van der Waals surface area (Å²) in [6.07, 6.45) is -0.0504. The van der Waals surface area contributed by atoms with E-state index < -0.39 is 0 Å². The van der Waals surface area contributed by atoms with Crippen LogP contribution in [-0.2, 0) is 16.0 Å². The highest BCUT2D eigenvalue weighted by atomic mass is 35.5. The maximum absolute atomic E-state index is 13.4. The third-order valence-corrected chi connectivity index (χ3v) is 2.78. The van der Waals surface area contributed by atoms with Crippen molar-refractivity contribution in [2.24, 2.45) is 0 Å². The van der Waals surface area contributed by atoms with Gasteiger partial charge in [-0.15, -0.1) is 0 Å². The van der Waals surface area contributed by atoms with Gasteiger partial charge in [0.15, 0.2) is 0 Å². The van der Waals surface area contributed by atoms with Crippen molar-refractivity contribution in [3.8, 4) is 0 Å². The summed E-state index contributed by atoms with van der Waals surface area (Å²) < 4.78 is 23.6. The number of hydrogen-bond acceptors (Lipinski definition) is 3. The van der Waals surface area contributed by atoms with E-state index in [1.54, 1.807) is 26.4 Å². The van der Waals surface area contributed by atoms with Crippen molar-refractivity contribution in [2.45, 2.75) is 12.6 Å². The molecule has 0 spiro atoms. The molecule has 0 aliphatic carbocycles. The fourth-order valence-electron chi connectivity index (χ4n) is 1.46. The van der Waals surface area contributed by atoms with Crippen LogP contribution in [0.3, 0.4) is 0 Å². The normalized spacial score (nSPS) is 12.7. The van der Waals surface area contributed by atoms with Crippen LogP contribution in [0.1, 0.15) is 5.56 Å². The first-order chi connectivity index (χ1) is 8.19. The number of ether oxygens (including phenoxy) is 2. The maximum Gasteiger partial charge on any atom is 0.129 e. The molecule has 1 N–H and O–H groups in total. The molecule has 1 atom stereocenters. The number of nitrogens with one attached hydrogen (secondary N) is 1. The van der Waals surface area contributed by atoms with E-state index in [1.165, 1.54) is 6.07 Å². The summed E-state index contributed by atoms with van der Waals surface area (Å²) in [4.78, 5) is 0. The molecule has 0 aliphatic heterocycles. The SMILES string of the molecule is COCC(CNCc1c(F)cccc1Cl)OC. The lowest BCUT2D eigenvalue weighted by atomic mass is 10.2. The van der Waals surface area contributed by atoms with Crippen molar-refractivity contribution in [1.29, 1.82) is 0 Å². The van der Waals surface area contributed by atoms with Crippen molar-refractivity contribution in [2.75, 3.05) is 27.4 Å². The minimum Gasteiger partial charge on any atom is -0.382 e. The number of hydrogen-bond donors (Lipinski definition) is 1. The highest BCUT2D eigenvalue weighted by molar-refractivity contribution is 6.31. The number of halogens is 2. The fraction of sp³-hybridized carbons (Fsp3) is 0.500. The molecule has 0 aliphatic rings. The summed E-state index contributed by atoms with van der Waals surface area (Å²) in [5, 5.41) is 3.52. The molecule has 3 nitrogen and oxygen atoms in total. The Bertz CT molecular complexity index is 329. The molecule has 1 aromatic carbocycles. The number of benzene rings is 1.